The first kappa shape index (κ1) is 14.9. The topological polar surface area (TPSA) is 76.7 Å². The second-order valence-corrected chi connectivity index (χ2v) is 5.61. The lowest BCUT2D eigenvalue weighted by atomic mass is 10.1. The van der Waals surface area contributed by atoms with Crippen molar-refractivity contribution >= 4 is 32.7 Å². The fourth-order valence-electron chi connectivity index (χ4n) is 1.46. The number of halogens is 4. The highest BCUT2D eigenvalue weighted by atomic mass is 35.5. The van der Waals surface area contributed by atoms with Gasteiger partial charge in [0.05, 0.1) is 12.0 Å². The molecule has 10 heteroatoms. The number of fused-ring (bicyclic) bond motifs is 1. The zero-order chi connectivity index (χ0) is 15.1. The molecule has 0 amide bonds. The molecule has 1 heterocycles. The number of hydrogen-bond acceptors (Lipinski definition) is 5. The Morgan fingerprint density at radius 1 is 1.30 bits per heavy atom. The summed E-state index contributed by atoms with van der Waals surface area (Å²) >= 11 is 5.56. The van der Waals surface area contributed by atoms with Crippen molar-refractivity contribution in [3.63, 3.8) is 0 Å². The van der Waals surface area contributed by atoms with Gasteiger partial charge < -0.3 is 13.7 Å². The van der Waals surface area contributed by atoms with E-state index >= 15 is 0 Å². The van der Waals surface area contributed by atoms with Crippen molar-refractivity contribution in [1.29, 1.82) is 0 Å². The maximum Gasteiger partial charge on any atom is 0.534 e. The van der Waals surface area contributed by atoms with Crippen molar-refractivity contribution in [2.75, 3.05) is 0 Å². The first-order valence-electron chi connectivity index (χ1n) is 4.97. The summed E-state index contributed by atoms with van der Waals surface area (Å²) in [5, 5.41) is 8.77. The zero-order valence-electron chi connectivity index (χ0n) is 9.44. The Hall–Kier alpha value is -1.45. The van der Waals surface area contributed by atoms with Gasteiger partial charge in [-0.15, -0.1) is 0 Å². The summed E-state index contributed by atoms with van der Waals surface area (Å²) in [7, 11) is -5.82. The maximum atomic E-state index is 12.3. The summed E-state index contributed by atoms with van der Waals surface area (Å²) in [6.45, 7) is -0.545. The van der Waals surface area contributed by atoms with Gasteiger partial charge in [0, 0.05) is 6.07 Å². The van der Waals surface area contributed by atoms with Crippen LogP contribution in [0, 0.1) is 0 Å². The van der Waals surface area contributed by atoms with Crippen molar-refractivity contribution < 1.29 is 35.3 Å². The van der Waals surface area contributed by atoms with Crippen molar-refractivity contribution in [3.8, 4) is 5.75 Å². The van der Waals surface area contributed by atoms with E-state index in [1.165, 1.54) is 6.07 Å². The van der Waals surface area contributed by atoms with Crippen LogP contribution in [0.15, 0.2) is 22.6 Å². The molecule has 0 aliphatic carbocycles. The molecule has 0 unspecified atom stereocenters. The van der Waals surface area contributed by atoms with Gasteiger partial charge in [-0.3, -0.25) is 0 Å². The van der Waals surface area contributed by atoms with Gasteiger partial charge >= 0.3 is 15.6 Å². The van der Waals surface area contributed by atoms with Crippen molar-refractivity contribution in [2.45, 2.75) is 12.1 Å². The molecule has 110 valence electrons. The van der Waals surface area contributed by atoms with Crippen LogP contribution in [-0.4, -0.2) is 19.0 Å². The number of hydrogen-bond donors (Lipinski definition) is 1. The normalized spacial score (nSPS) is 12.8. The minimum Gasteiger partial charge on any atom is -0.445 e. The third-order valence-corrected chi connectivity index (χ3v) is 3.45. The standard InChI is InChI=1S/C10H6ClF3O5S/c11-9-3-6-7(18-9)1-5(4-15)2-8(6)19-20(16,17)10(12,13)14/h1-3,15H,4H2. The molecule has 1 N–H and O–H groups in total. The molecule has 2 rings (SSSR count). The van der Waals surface area contributed by atoms with Gasteiger partial charge in [-0.2, -0.15) is 21.6 Å². The molecular formula is C10H6ClF3O5S. The molecule has 1 aromatic carbocycles. The monoisotopic (exact) mass is 330 g/mol. The van der Waals surface area contributed by atoms with E-state index in [0.29, 0.717) is 0 Å². The Kier molecular flexibility index (Phi) is 3.61. The van der Waals surface area contributed by atoms with E-state index in [1.807, 2.05) is 0 Å². The molecule has 20 heavy (non-hydrogen) atoms. The Morgan fingerprint density at radius 3 is 2.50 bits per heavy atom. The molecule has 0 bridgehead atoms. The largest absolute Gasteiger partial charge is 0.534 e. The molecule has 0 aliphatic heterocycles. The highest BCUT2D eigenvalue weighted by molar-refractivity contribution is 7.88. The van der Waals surface area contributed by atoms with E-state index in [4.69, 9.17) is 21.1 Å². The quantitative estimate of drug-likeness (QED) is 0.691. The Bertz CT molecular complexity index is 750. The minimum absolute atomic E-state index is 0.00563. The summed E-state index contributed by atoms with van der Waals surface area (Å²) in [5.41, 5.74) is -5.47. The van der Waals surface area contributed by atoms with Gasteiger partial charge in [-0.05, 0) is 29.3 Å². The van der Waals surface area contributed by atoms with Crippen LogP contribution in [0.25, 0.3) is 11.0 Å². The van der Waals surface area contributed by atoms with Crippen LogP contribution in [0.2, 0.25) is 5.22 Å². The highest BCUT2D eigenvalue weighted by Gasteiger charge is 2.48. The summed E-state index contributed by atoms with van der Waals surface area (Å²) < 4.78 is 67.9. The van der Waals surface area contributed by atoms with Gasteiger partial charge in [0.25, 0.3) is 0 Å². The van der Waals surface area contributed by atoms with Crippen LogP contribution in [0.5, 0.6) is 5.75 Å². The molecule has 0 saturated carbocycles. The molecule has 0 fully saturated rings. The molecule has 0 atom stereocenters. The van der Waals surface area contributed by atoms with Crippen molar-refractivity contribution in [1.82, 2.24) is 0 Å². The lowest BCUT2D eigenvalue weighted by Crippen LogP contribution is -2.28. The lowest BCUT2D eigenvalue weighted by Gasteiger charge is -2.10. The molecule has 0 spiro atoms. The summed E-state index contributed by atoms with van der Waals surface area (Å²) in [6.07, 6.45) is 0. The van der Waals surface area contributed by atoms with Gasteiger partial charge in [-0.1, -0.05) is 0 Å². The Balaban J connectivity index is 2.59. The maximum absolute atomic E-state index is 12.3. The number of furan rings is 1. The average molecular weight is 331 g/mol. The number of aliphatic hydroxyl groups excluding tert-OH is 1. The van der Waals surface area contributed by atoms with Crippen LogP contribution < -0.4 is 4.18 Å². The van der Waals surface area contributed by atoms with Gasteiger partial charge in [0.15, 0.2) is 11.0 Å². The van der Waals surface area contributed by atoms with Crippen LogP contribution in [0.3, 0.4) is 0 Å². The smallest absolute Gasteiger partial charge is 0.445 e. The number of rotatable bonds is 3. The lowest BCUT2D eigenvalue weighted by molar-refractivity contribution is -0.0499. The summed E-state index contributed by atoms with van der Waals surface area (Å²) in [5.74, 6) is -0.625. The molecular weight excluding hydrogens is 325 g/mol. The fraction of sp³-hybridized carbons (Fsp3) is 0.200. The van der Waals surface area contributed by atoms with Crippen molar-refractivity contribution in [3.05, 3.63) is 29.0 Å². The summed E-state index contributed by atoms with van der Waals surface area (Å²) in [4.78, 5) is 0. The highest BCUT2D eigenvalue weighted by Crippen LogP contribution is 2.35. The second-order valence-electron chi connectivity index (χ2n) is 3.70. The SMILES string of the molecule is O=S(=O)(Oc1cc(CO)cc2oc(Cl)cc12)C(F)(F)F. The van der Waals surface area contributed by atoms with E-state index in [9.17, 15) is 21.6 Å². The Morgan fingerprint density at radius 2 is 1.95 bits per heavy atom. The van der Waals surface area contributed by atoms with Crippen molar-refractivity contribution in [2.24, 2.45) is 0 Å². The Labute approximate surface area is 115 Å². The molecule has 5 nitrogen and oxygen atoms in total. The number of alkyl halides is 3. The predicted molar refractivity (Wildman–Crippen MR) is 62.7 cm³/mol. The van der Waals surface area contributed by atoms with Gasteiger partial charge in [0.2, 0.25) is 0 Å². The van der Waals surface area contributed by atoms with E-state index in [2.05, 4.69) is 4.18 Å². The van der Waals surface area contributed by atoms with Crippen LogP contribution >= 0.6 is 11.6 Å². The van der Waals surface area contributed by atoms with E-state index in [1.54, 1.807) is 0 Å². The third-order valence-electron chi connectivity index (χ3n) is 2.29. The van der Waals surface area contributed by atoms with Crippen LogP contribution in [0.4, 0.5) is 13.2 Å². The zero-order valence-corrected chi connectivity index (χ0v) is 11.0. The van der Waals surface area contributed by atoms with E-state index < -0.39 is 28.0 Å². The van der Waals surface area contributed by atoms with E-state index in [0.717, 1.165) is 12.1 Å². The first-order valence-corrected chi connectivity index (χ1v) is 6.76. The van der Waals surface area contributed by atoms with Gasteiger partial charge in [-0.25, -0.2) is 0 Å². The number of aliphatic hydroxyl groups is 1. The second kappa shape index (κ2) is 4.83. The molecule has 0 radical (unpaired) electrons. The number of benzene rings is 1. The van der Waals surface area contributed by atoms with E-state index in [-0.39, 0.29) is 21.8 Å². The van der Waals surface area contributed by atoms with Crippen LogP contribution in [0.1, 0.15) is 5.56 Å². The summed E-state index contributed by atoms with van der Waals surface area (Å²) in [6, 6.07) is 3.37. The average Bonchev–Trinajstić information content (AvgIpc) is 2.67. The predicted octanol–water partition coefficient (Wildman–Crippen LogP) is 2.81. The molecule has 1 aromatic heterocycles. The molecule has 0 aliphatic rings. The minimum atomic E-state index is -5.82. The van der Waals surface area contributed by atoms with Gasteiger partial charge in [0.1, 0.15) is 5.58 Å². The van der Waals surface area contributed by atoms with Crippen LogP contribution in [-0.2, 0) is 16.7 Å². The molecule has 2 aromatic rings. The third kappa shape index (κ3) is 2.69. The molecule has 0 saturated heterocycles. The first-order chi connectivity index (χ1) is 9.14. The fourth-order valence-corrected chi connectivity index (χ4v) is 2.12.